The lowest BCUT2D eigenvalue weighted by molar-refractivity contribution is -0.138. The Morgan fingerprint density at radius 3 is 2.64 bits per heavy atom. The summed E-state index contributed by atoms with van der Waals surface area (Å²) in [4.78, 5) is 21.8. The molecule has 0 spiro atoms. The average Bonchev–Trinajstić information content (AvgIpc) is 2.63. The van der Waals surface area contributed by atoms with Gasteiger partial charge in [0.15, 0.2) is 5.15 Å². The predicted molar refractivity (Wildman–Crippen MR) is 97.5 cm³/mol. The second-order valence-corrected chi connectivity index (χ2v) is 6.83. The van der Waals surface area contributed by atoms with Gasteiger partial charge in [-0.15, -0.1) is 0 Å². The fourth-order valence-corrected chi connectivity index (χ4v) is 3.08. The standard InChI is InChI=1S/C18H18ClF3N4O2/c1-11-2-3-12(8-14(11)18(20,21)22)24-17(27)26-6-4-13(5-7-26)28-16-10-23-9-15(19)25-16/h2-3,8-10,13H,4-7H2,1H3,(H,24,27). The summed E-state index contributed by atoms with van der Waals surface area (Å²) in [6.07, 6.45) is -0.638. The molecule has 1 saturated heterocycles. The van der Waals surface area contributed by atoms with E-state index in [-0.39, 0.29) is 22.5 Å². The number of aromatic nitrogens is 2. The fraction of sp³-hybridized carbons (Fsp3) is 0.389. The molecule has 1 aromatic carbocycles. The van der Waals surface area contributed by atoms with Crippen molar-refractivity contribution < 1.29 is 22.7 Å². The number of alkyl halides is 3. The summed E-state index contributed by atoms with van der Waals surface area (Å²) < 4.78 is 44.7. The number of halogens is 4. The second-order valence-electron chi connectivity index (χ2n) is 6.44. The van der Waals surface area contributed by atoms with E-state index < -0.39 is 17.8 Å². The van der Waals surface area contributed by atoms with Gasteiger partial charge >= 0.3 is 12.2 Å². The summed E-state index contributed by atoms with van der Waals surface area (Å²) >= 11 is 5.77. The number of ether oxygens (including phenoxy) is 1. The molecule has 1 fully saturated rings. The van der Waals surface area contributed by atoms with Crippen LogP contribution >= 0.6 is 11.6 Å². The Morgan fingerprint density at radius 1 is 1.29 bits per heavy atom. The maximum absolute atomic E-state index is 13.0. The lowest BCUT2D eigenvalue weighted by Crippen LogP contribution is -2.43. The van der Waals surface area contributed by atoms with Crippen molar-refractivity contribution in [3.05, 3.63) is 46.9 Å². The predicted octanol–water partition coefficient (Wildman–Crippen LogP) is 4.53. The molecule has 10 heteroatoms. The van der Waals surface area contributed by atoms with E-state index >= 15 is 0 Å². The molecular formula is C18H18ClF3N4O2. The van der Waals surface area contributed by atoms with Crippen LogP contribution in [-0.4, -0.2) is 40.1 Å². The quantitative estimate of drug-likeness (QED) is 0.801. The van der Waals surface area contributed by atoms with Gasteiger partial charge in [-0.25, -0.2) is 4.79 Å². The number of anilines is 1. The fourth-order valence-electron chi connectivity index (χ4n) is 2.94. The van der Waals surface area contributed by atoms with E-state index in [1.54, 1.807) is 0 Å². The van der Waals surface area contributed by atoms with E-state index in [4.69, 9.17) is 16.3 Å². The van der Waals surface area contributed by atoms with Gasteiger partial charge in [0.05, 0.1) is 18.0 Å². The number of piperidine rings is 1. The Balaban J connectivity index is 1.56. The molecule has 150 valence electrons. The molecule has 0 saturated carbocycles. The van der Waals surface area contributed by atoms with Gasteiger partial charge < -0.3 is 15.0 Å². The summed E-state index contributed by atoms with van der Waals surface area (Å²) in [5.41, 5.74) is -0.553. The largest absolute Gasteiger partial charge is 0.473 e. The Morgan fingerprint density at radius 2 is 2.00 bits per heavy atom. The van der Waals surface area contributed by atoms with Crippen molar-refractivity contribution in [3.8, 4) is 5.88 Å². The number of benzene rings is 1. The second kappa shape index (κ2) is 8.22. The Labute approximate surface area is 164 Å². The van der Waals surface area contributed by atoms with Crippen LogP contribution in [0.4, 0.5) is 23.7 Å². The van der Waals surface area contributed by atoms with Crippen LogP contribution in [0.5, 0.6) is 5.88 Å². The molecule has 0 aliphatic carbocycles. The Bertz CT molecular complexity index is 855. The third kappa shape index (κ3) is 5.03. The first-order valence-corrected chi connectivity index (χ1v) is 8.98. The zero-order chi connectivity index (χ0) is 20.3. The molecule has 1 N–H and O–H groups in total. The average molecular weight is 415 g/mol. The van der Waals surface area contributed by atoms with E-state index in [2.05, 4.69) is 15.3 Å². The van der Waals surface area contributed by atoms with Crippen molar-refractivity contribution in [2.45, 2.75) is 32.0 Å². The first-order chi connectivity index (χ1) is 13.2. The highest BCUT2D eigenvalue weighted by Crippen LogP contribution is 2.33. The smallest absolute Gasteiger partial charge is 0.416 e. The molecule has 1 aliphatic rings. The number of nitrogens with zero attached hydrogens (tertiary/aromatic N) is 3. The lowest BCUT2D eigenvalue weighted by Gasteiger charge is -2.32. The van der Waals surface area contributed by atoms with Gasteiger partial charge in [0.25, 0.3) is 0 Å². The summed E-state index contributed by atoms with van der Waals surface area (Å²) in [5.74, 6) is 0.315. The number of urea groups is 1. The zero-order valence-corrected chi connectivity index (χ0v) is 15.7. The third-order valence-corrected chi connectivity index (χ3v) is 4.58. The molecule has 0 unspecified atom stereocenters. The molecule has 2 aromatic rings. The number of carbonyl (C=O) groups excluding carboxylic acids is 1. The number of likely N-dealkylation sites (tertiary alicyclic amines) is 1. The maximum Gasteiger partial charge on any atom is 0.416 e. The number of nitrogens with one attached hydrogen (secondary N) is 1. The van der Waals surface area contributed by atoms with Gasteiger partial charge in [-0.1, -0.05) is 17.7 Å². The van der Waals surface area contributed by atoms with Crippen molar-refractivity contribution in [1.82, 2.24) is 14.9 Å². The van der Waals surface area contributed by atoms with Crippen molar-refractivity contribution in [3.63, 3.8) is 0 Å². The first-order valence-electron chi connectivity index (χ1n) is 8.60. The van der Waals surface area contributed by atoms with Crippen LogP contribution < -0.4 is 10.1 Å². The summed E-state index contributed by atoms with van der Waals surface area (Å²) in [6.45, 7) is 2.19. The van der Waals surface area contributed by atoms with E-state index in [0.29, 0.717) is 31.8 Å². The van der Waals surface area contributed by atoms with Crippen LogP contribution in [0.25, 0.3) is 0 Å². The monoisotopic (exact) mass is 414 g/mol. The molecule has 3 rings (SSSR count). The number of carbonyl (C=O) groups is 1. The minimum atomic E-state index is -4.47. The molecule has 0 radical (unpaired) electrons. The molecular weight excluding hydrogens is 397 g/mol. The zero-order valence-electron chi connectivity index (χ0n) is 15.0. The highest BCUT2D eigenvalue weighted by molar-refractivity contribution is 6.29. The van der Waals surface area contributed by atoms with Crippen LogP contribution in [0.1, 0.15) is 24.0 Å². The Kier molecular flexibility index (Phi) is 5.93. The van der Waals surface area contributed by atoms with Crippen LogP contribution in [0.3, 0.4) is 0 Å². The maximum atomic E-state index is 13.0. The third-order valence-electron chi connectivity index (χ3n) is 4.39. The summed E-state index contributed by atoms with van der Waals surface area (Å²) in [6, 6.07) is 3.29. The molecule has 6 nitrogen and oxygen atoms in total. The van der Waals surface area contributed by atoms with E-state index in [0.717, 1.165) is 6.07 Å². The lowest BCUT2D eigenvalue weighted by atomic mass is 10.1. The number of amides is 2. The van der Waals surface area contributed by atoms with Gasteiger partial charge in [0.1, 0.15) is 6.10 Å². The molecule has 1 aliphatic heterocycles. The van der Waals surface area contributed by atoms with E-state index in [9.17, 15) is 18.0 Å². The molecule has 0 atom stereocenters. The highest BCUT2D eigenvalue weighted by atomic mass is 35.5. The van der Waals surface area contributed by atoms with Crippen LogP contribution in [0.15, 0.2) is 30.6 Å². The van der Waals surface area contributed by atoms with Gasteiger partial charge in [-0.05, 0) is 24.6 Å². The van der Waals surface area contributed by atoms with Crippen molar-refractivity contribution in [2.75, 3.05) is 18.4 Å². The summed E-state index contributed by atoms with van der Waals surface area (Å²) in [7, 11) is 0. The molecule has 2 amide bonds. The minimum Gasteiger partial charge on any atom is -0.473 e. The molecule has 28 heavy (non-hydrogen) atoms. The molecule has 2 heterocycles. The van der Waals surface area contributed by atoms with Gasteiger partial charge in [-0.3, -0.25) is 4.98 Å². The van der Waals surface area contributed by atoms with Gasteiger partial charge in [0.2, 0.25) is 5.88 Å². The number of hydrogen-bond donors (Lipinski definition) is 1. The number of aryl methyl sites for hydroxylation is 1. The van der Waals surface area contributed by atoms with Crippen LogP contribution in [-0.2, 0) is 6.18 Å². The topological polar surface area (TPSA) is 67.4 Å². The molecule has 1 aromatic heterocycles. The van der Waals surface area contributed by atoms with Crippen molar-refractivity contribution in [1.29, 1.82) is 0 Å². The van der Waals surface area contributed by atoms with Crippen LogP contribution in [0.2, 0.25) is 5.15 Å². The Hall–Kier alpha value is -2.55. The number of rotatable bonds is 3. The molecule has 0 bridgehead atoms. The normalized spacial score (nSPS) is 15.4. The summed E-state index contributed by atoms with van der Waals surface area (Å²) in [5, 5.41) is 2.76. The number of hydrogen-bond acceptors (Lipinski definition) is 4. The van der Waals surface area contributed by atoms with Crippen LogP contribution in [0, 0.1) is 6.92 Å². The first kappa shape index (κ1) is 20.2. The SMILES string of the molecule is Cc1ccc(NC(=O)N2CCC(Oc3cncc(Cl)n3)CC2)cc1C(F)(F)F. The van der Waals surface area contributed by atoms with E-state index in [1.807, 2.05) is 0 Å². The van der Waals surface area contributed by atoms with Crippen molar-refractivity contribution in [2.24, 2.45) is 0 Å². The van der Waals surface area contributed by atoms with Gasteiger partial charge in [-0.2, -0.15) is 18.2 Å². The van der Waals surface area contributed by atoms with Gasteiger partial charge in [0, 0.05) is 31.6 Å². The highest BCUT2D eigenvalue weighted by Gasteiger charge is 2.33. The van der Waals surface area contributed by atoms with E-state index in [1.165, 1.54) is 36.4 Å². The van der Waals surface area contributed by atoms with Crippen molar-refractivity contribution >= 4 is 23.3 Å². The minimum absolute atomic E-state index is 0.104.